The average molecular weight is 549 g/mol. The van der Waals surface area contributed by atoms with E-state index < -0.39 is 0 Å². The molecule has 2 fully saturated rings. The standard InChI is InChI=1S/C15H23N5.C14H21N5O/c1-4-11-5-6-12(7-11)8-20-10-18-13-14(19(2)3)16-9-17-15(13)20;1-18(2)13-12-14(16-8-15-13)19(9-17-12)6-10-3-4-11(5-10)7-20/h9-12H,4-8H2,1-3H3;8-11,20H,3-7H2,1-2H3. The van der Waals surface area contributed by atoms with E-state index in [9.17, 15) is 5.11 Å². The number of rotatable bonds is 8. The van der Waals surface area contributed by atoms with Gasteiger partial charge in [-0.1, -0.05) is 19.8 Å². The summed E-state index contributed by atoms with van der Waals surface area (Å²) in [6.45, 7) is 4.58. The van der Waals surface area contributed by atoms with Gasteiger partial charge in [-0.3, -0.25) is 0 Å². The lowest BCUT2D eigenvalue weighted by atomic mass is 10.0. The maximum atomic E-state index is 9.23. The Bertz CT molecular complexity index is 1290. The summed E-state index contributed by atoms with van der Waals surface area (Å²) in [5.41, 5.74) is 3.62. The van der Waals surface area contributed by atoms with Crippen LogP contribution in [0.15, 0.2) is 25.3 Å². The lowest BCUT2D eigenvalue weighted by molar-refractivity contribution is 0.225. The predicted octanol–water partition coefficient (Wildman–Crippen LogP) is 4.02. The van der Waals surface area contributed by atoms with Crippen LogP contribution in [0.2, 0.25) is 0 Å². The molecule has 2 aliphatic carbocycles. The predicted molar refractivity (Wildman–Crippen MR) is 158 cm³/mol. The quantitative estimate of drug-likeness (QED) is 0.349. The molecule has 4 atom stereocenters. The SMILES string of the molecule is CCC1CCC(Cn2cnc3c(N(C)C)ncnc32)C1.CN(C)c1ncnc2c1ncn2CC1CCC(CO)C1. The van der Waals surface area contributed by atoms with Gasteiger partial charge in [-0.05, 0) is 55.8 Å². The number of fused-ring (bicyclic) bond motifs is 2. The van der Waals surface area contributed by atoms with Crippen LogP contribution in [0, 0.1) is 23.7 Å². The maximum Gasteiger partial charge on any atom is 0.165 e. The van der Waals surface area contributed by atoms with Gasteiger partial charge >= 0.3 is 0 Å². The Hall–Kier alpha value is -3.34. The van der Waals surface area contributed by atoms with Gasteiger partial charge in [0.2, 0.25) is 0 Å². The summed E-state index contributed by atoms with van der Waals surface area (Å²) in [6.07, 6.45) is 15.8. The third-order valence-electron chi connectivity index (χ3n) is 8.66. The van der Waals surface area contributed by atoms with Gasteiger partial charge in [0.25, 0.3) is 0 Å². The molecule has 0 bridgehead atoms. The van der Waals surface area contributed by atoms with Crippen molar-refractivity contribution in [3.8, 4) is 0 Å². The number of aliphatic hydroxyl groups is 1. The van der Waals surface area contributed by atoms with Gasteiger partial charge in [0.15, 0.2) is 34.0 Å². The number of anilines is 2. The summed E-state index contributed by atoms with van der Waals surface area (Å²) in [5.74, 6) is 4.53. The molecule has 0 amide bonds. The molecule has 4 aromatic heterocycles. The molecule has 216 valence electrons. The molecule has 2 aliphatic rings. The van der Waals surface area contributed by atoms with Gasteiger partial charge in [-0.2, -0.15) is 0 Å². The largest absolute Gasteiger partial charge is 0.396 e. The van der Waals surface area contributed by atoms with Gasteiger partial charge in [-0.25, -0.2) is 29.9 Å². The fourth-order valence-corrected chi connectivity index (χ4v) is 6.44. The van der Waals surface area contributed by atoms with Crippen LogP contribution in [0.25, 0.3) is 22.3 Å². The first kappa shape index (κ1) is 28.2. The minimum absolute atomic E-state index is 0.314. The van der Waals surface area contributed by atoms with Crippen LogP contribution in [0.3, 0.4) is 0 Å². The first-order chi connectivity index (χ1) is 19.4. The zero-order valence-corrected chi connectivity index (χ0v) is 24.6. The molecular weight excluding hydrogens is 504 g/mol. The first-order valence-electron chi connectivity index (χ1n) is 14.6. The summed E-state index contributed by atoms with van der Waals surface area (Å²) >= 11 is 0. The molecule has 4 unspecified atom stereocenters. The van der Waals surface area contributed by atoms with Crippen LogP contribution in [0.5, 0.6) is 0 Å². The average Bonchev–Trinajstić information content (AvgIpc) is 3.76. The van der Waals surface area contributed by atoms with E-state index in [0.717, 1.165) is 71.7 Å². The lowest BCUT2D eigenvalue weighted by Crippen LogP contribution is -2.12. The molecule has 11 heteroatoms. The number of nitrogens with zero attached hydrogens (tertiary/aromatic N) is 10. The minimum Gasteiger partial charge on any atom is -0.396 e. The molecular formula is C29H44N10O. The van der Waals surface area contributed by atoms with E-state index >= 15 is 0 Å². The molecule has 0 aliphatic heterocycles. The highest BCUT2D eigenvalue weighted by molar-refractivity contribution is 5.83. The van der Waals surface area contributed by atoms with E-state index in [1.54, 1.807) is 12.7 Å². The second kappa shape index (κ2) is 12.4. The third-order valence-corrected chi connectivity index (χ3v) is 8.66. The van der Waals surface area contributed by atoms with Gasteiger partial charge in [0.05, 0.1) is 12.7 Å². The minimum atomic E-state index is 0.314. The van der Waals surface area contributed by atoms with Gasteiger partial charge in [0, 0.05) is 47.9 Å². The summed E-state index contributed by atoms with van der Waals surface area (Å²) in [4.78, 5) is 30.3. The molecule has 4 aromatic rings. The molecule has 0 saturated heterocycles. The highest BCUT2D eigenvalue weighted by Crippen LogP contribution is 2.35. The van der Waals surface area contributed by atoms with E-state index in [2.05, 4.69) is 46.0 Å². The Labute approximate surface area is 236 Å². The van der Waals surface area contributed by atoms with Gasteiger partial charge in [-0.15, -0.1) is 0 Å². The topological polar surface area (TPSA) is 114 Å². The van der Waals surface area contributed by atoms with Crippen molar-refractivity contribution in [1.29, 1.82) is 0 Å². The van der Waals surface area contributed by atoms with Crippen molar-refractivity contribution in [1.82, 2.24) is 39.0 Å². The third kappa shape index (κ3) is 6.04. The Morgan fingerprint density at radius 2 is 1.12 bits per heavy atom. The van der Waals surface area contributed by atoms with Crippen molar-refractivity contribution in [2.75, 3.05) is 44.6 Å². The number of hydrogen-bond acceptors (Lipinski definition) is 9. The molecule has 6 rings (SSSR count). The molecule has 2 saturated carbocycles. The number of hydrogen-bond donors (Lipinski definition) is 1. The van der Waals surface area contributed by atoms with Crippen molar-refractivity contribution in [3.63, 3.8) is 0 Å². The van der Waals surface area contributed by atoms with Crippen LogP contribution in [-0.4, -0.2) is 78.9 Å². The molecule has 40 heavy (non-hydrogen) atoms. The number of imidazole rings is 2. The fourth-order valence-electron chi connectivity index (χ4n) is 6.44. The van der Waals surface area contributed by atoms with Crippen LogP contribution in [-0.2, 0) is 13.1 Å². The van der Waals surface area contributed by atoms with E-state index in [-0.39, 0.29) is 0 Å². The van der Waals surface area contributed by atoms with E-state index in [1.165, 1.54) is 32.1 Å². The Morgan fingerprint density at radius 1 is 0.675 bits per heavy atom. The van der Waals surface area contributed by atoms with Crippen LogP contribution < -0.4 is 9.80 Å². The van der Waals surface area contributed by atoms with Crippen molar-refractivity contribution < 1.29 is 5.11 Å². The highest BCUT2D eigenvalue weighted by Gasteiger charge is 2.26. The van der Waals surface area contributed by atoms with E-state index in [4.69, 9.17) is 0 Å². The lowest BCUT2D eigenvalue weighted by Gasteiger charge is -2.13. The zero-order chi connectivity index (χ0) is 28.2. The summed E-state index contributed by atoms with van der Waals surface area (Å²) < 4.78 is 4.32. The molecule has 0 spiro atoms. The summed E-state index contributed by atoms with van der Waals surface area (Å²) in [7, 11) is 7.90. The molecule has 0 radical (unpaired) electrons. The van der Waals surface area contributed by atoms with Crippen molar-refractivity contribution >= 4 is 34.0 Å². The maximum absolute atomic E-state index is 9.23. The van der Waals surface area contributed by atoms with Crippen molar-refractivity contribution in [3.05, 3.63) is 25.3 Å². The second-order valence-electron chi connectivity index (χ2n) is 12.0. The normalized spacial score (nSPS) is 22.6. The first-order valence-corrected chi connectivity index (χ1v) is 14.6. The number of aliphatic hydroxyl groups excluding tert-OH is 1. The Balaban J connectivity index is 0.000000161. The van der Waals surface area contributed by atoms with Crippen molar-refractivity contribution in [2.45, 2.75) is 65.0 Å². The molecule has 4 heterocycles. The summed E-state index contributed by atoms with van der Waals surface area (Å²) in [6, 6.07) is 0. The van der Waals surface area contributed by atoms with Crippen LogP contribution in [0.1, 0.15) is 51.9 Å². The highest BCUT2D eigenvalue weighted by atomic mass is 16.3. The van der Waals surface area contributed by atoms with Crippen LogP contribution in [0.4, 0.5) is 11.6 Å². The van der Waals surface area contributed by atoms with Gasteiger partial charge in [0.1, 0.15) is 12.7 Å². The molecule has 0 aromatic carbocycles. The van der Waals surface area contributed by atoms with E-state index in [1.807, 2.05) is 50.6 Å². The van der Waals surface area contributed by atoms with Crippen LogP contribution >= 0.6 is 0 Å². The summed E-state index contributed by atoms with van der Waals surface area (Å²) in [5, 5.41) is 9.23. The van der Waals surface area contributed by atoms with E-state index in [0.29, 0.717) is 18.4 Å². The smallest absolute Gasteiger partial charge is 0.165 e. The monoisotopic (exact) mass is 548 g/mol. The number of aromatic nitrogens is 8. The fraction of sp³-hybridized carbons (Fsp3) is 0.655. The Morgan fingerprint density at radius 3 is 1.52 bits per heavy atom. The van der Waals surface area contributed by atoms with Crippen molar-refractivity contribution in [2.24, 2.45) is 23.7 Å². The molecule has 11 nitrogen and oxygen atoms in total. The zero-order valence-electron chi connectivity index (χ0n) is 24.6. The Kier molecular flexibility index (Phi) is 8.78. The molecule has 1 N–H and O–H groups in total. The van der Waals surface area contributed by atoms with Gasteiger partial charge < -0.3 is 24.0 Å². The second-order valence-corrected chi connectivity index (χ2v) is 12.0.